The summed E-state index contributed by atoms with van der Waals surface area (Å²) < 4.78 is 4.84. The minimum atomic E-state index is -0.692. The topological polar surface area (TPSA) is 55.6 Å². The Balaban J connectivity index is 1.86. The molecular weight excluding hydrogens is 180 g/mol. The number of hydrogen-bond acceptors (Lipinski definition) is 3. The number of benzene rings is 1. The number of ether oxygens (including phenoxy) is 1. The molecule has 0 unspecified atom stereocenters. The van der Waals surface area contributed by atoms with E-state index in [4.69, 9.17) is 10.5 Å². The van der Waals surface area contributed by atoms with Crippen LogP contribution in [0.15, 0.2) is 30.3 Å². The highest BCUT2D eigenvalue weighted by Gasteiger charge is 2.29. The van der Waals surface area contributed by atoms with Crippen LogP contribution in [0.25, 0.3) is 0 Å². The van der Waals surface area contributed by atoms with E-state index < -0.39 is 6.09 Å². The van der Waals surface area contributed by atoms with Gasteiger partial charge in [0.25, 0.3) is 0 Å². The fourth-order valence-electron chi connectivity index (χ4n) is 1.53. The molecule has 0 bridgehead atoms. The Morgan fingerprint density at radius 1 is 1.36 bits per heavy atom. The number of rotatable bonds is 2. The number of carbonyl (C=O) groups excluding carboxylic acids is 1. The smallest absolute Gasteiger partial charge is 0.404 e. The fourth-order valence-corrected chi connectivity index (χ4v) is 1.53. The lowest BCUT2D eigenvalue weighted by molar-refractivity contribution is 0.0890. The van der Waals surface area contributed by atoms with Crippen molar-refractivity contribution in [3.8, 4) is 0 Å². The fraction of sp³-hybridized carbons (Fsp3) is 0.300. The maximum Gasteiger partial charge on any atom is 0.404 e. The molecule has 0 aromatic heterocycles. The molecular formula is C10H12N2O2. The molecule has 74 valence electrons. The van der Waals surface area contributed by atoms with Crippen LogP contribution < -0.4 is 10.6 Å². The summed E-state index contributed by atoms with van der Waals surface area (Å²) >= 11 is 0. The van der Waals surface area contributed by atoms with Crippen LogP contribution in [0.4, 0.5) is 10.5 Å². The number of hydrogen-bond donors (Lipinski definition) is 1. The van der Waals surface area contributed by atoms with Crippen LogP contribution in [0.2, 0.25) is 0 Å². The lowest BCUT2D eigenvalue weighted by Gasteiger charge is -2.39. The maximum atomic E-state index is 10.4. The van der Waals surface area contributed by atoms with Crippen molar-refractivity contribution in [1.82, 2.24) is 0 Å². The minimum Gasteiger partial charge on any atom is -0.443 e. The zero-order valence-corrected chi connectivity index (χ0v) is 7.72. The van der Waals surface area contributed by atoms with Crippen LogP contribution >= 0.6 is 0 Å². The second kappa shape index (κ2) is 3.57. The van der Waals surface area contributed by atoms with Crippen molar-refractivity contribution in [2.75, 3.05) is 18.0 Å². The van der Waals surface area contributed by atoms with Crippen molar-refractivity contribution in [1.29, 1.82) is 0 Å². The highest BCUT2D eigenvalue weighted by Crippen LogP contribution is 2.21. The monoisotopic (exact) mass is 192 g/mol. The summed E-state index contributed by atoms with van der Waals surface area (Å²) in [6.07, 6.45) is -0.740. The van der Waals surface area contributed by atoms with E-state index in [1.807, 2.05) is 30.3 Å². The zero-order valence-electron chi connectivity index (χ0n) is 7.72. The van der Waals surface area contributed by atoms with Gasteiger partial charge in [0.05, 0.1) is 13.1 Å². The first-order chi connectivity index (χ1) is 6.75. The van der Waals surface area contributed by atoms with Gasteiger partial charge in [0.2, 0.25) is 0 Å². The van der Waals surface area contributed by atoms with Gasteiger partial charge in [-0.05, 0) is 12.1 Å². The number of nitrogens with two attached hydrogens (primary N) is 1. The van der Waals surface area contributed by atoms with Gasteiger partial charge < -0.3 is 15.4 Å². The Kier molecular flexibility index (Phi) is 2.26. The van der Waals surface area contributed by atoms with Crippen LogP contribution in [0.5, 0.6) is 0 Å². The van der Waals surface area contributed by atoms with Crippen molar-refractivity contribution >= 4 is 11.8 Å². The summed E-state index contributed by atoms with van der Waals surface area (Å²) in [4.78, 5) is 12.6. The highest BCUT2D eigenvalue weighted by molar-refractivity contribution is 5.65. The molecule has 1 fully saturated rings. The van der Waals surface area contributed by atoms with E-state index in [2.05, 4.69) is 4.90 Å². The third-order valence-corrected chi connectivity index (χ3v) is 2.25. The molecule has 14 heavy (non-hydrogen) atoms. The third-order valence-electron chi connectivity index (χ3n) is 2.25. The summed E-state index contributed by atoms with van der Waals surface area (Å²) in [6.45, 7) is 1.46. The molecule has 1 amide bonds. The largest absolute Gasteiger partial charge is 0.443 e. The second-order valence-corrected chi connectivity index (χ2v) is 3.30. The van der Waals surface area contributed by atoms with Crippen LogP contribution in [0.1, 0.15) is 0 Å². The first-order valence-electron chi connectivity index (χ1n) is 4.52. The molecule has 1 heterocycles. The lowest BCUT2D eigenvalue weighted by atomic mass is 10.1. The zero-order chi connectivity index (χ0) is 9.97. The van der Waals surface area contributed by atoms with Gasteiger partial charge in [-0.3, -0.25) is 0 Å². The molecule has 0 atom stereocenters. The van der Waals surface area contributed by atoms with Gasteiger partial charge in [-0.25, -0.2) is 4.79 Å². The Morgan fingerprint density at radius 3 is 2.57 bits per heavy atom. The van der Waals surface area contributed by atoms with Crippen LogP contribution in [-0.4, -0.2) is 25.3 Å². The van der Waals surface area contributed by atoms with E-state index in [9.17, 15) is 4.79 Å². The number of nitrogens with zero attached hydrogens (tertiary/aromatic N) is 1. The average molecular weight is 192 g/mol. The van der Waals surface area contributed by atoms with Gasteiger partial charge in [-0.2, -0.15) is 0 Å². The highest BCUT2D eigenvalue weighted by atomic mass is 16.6. The van der Waals surface area contributed by atoms with Crippen LogP contribution in [-0.2, 0) is 4.74 Å². The molecule has 2 rings (SSSR count). The summed E-state index contributed by atoms with van der Waals surface area (Å²) in [7, 11) is 0. The van der Waals surface area contributed by atoms with Gasteiger partial charge >= 0.3 is 6.09 Å². The van der Waals surface area contributed by atoms with Crippen molar-refractivity contribution < 1.29 is 9.53 Å². The average Bonchev–Trinajstić information content (AvgIpc) is 2.12. The molecule has 2 N–H and O–H groups in total. The number of carbonyl (C=O) groups is 1. The summed E-state index contributed by atoms with van der Waals surface area (Å²) in [5.41, 5.74) is 6.06. The molecule has 1 aliphatic rings. The van der Waals surface area contributed by atoms with Gasteiger partial charge in [-0.1, -0.05) is 18.2 Å². The van der Waals surface area contributed by atoms with Crippen LogP contribution in [0.3, 0.4) is 0 Å². The molecule has 0 radical (unpaired) electrons. The van der Waals surface area contributed by atoms with Crippen molar-refractivity contribution in [2.24, 2.45) is 5.73 Å². The van der Waals surface area contributed by atoms with E-state index in [1.165, 1.54) is 0 Å². The quantitative estimate of drug-likeness (QED) is 0.759. The number of amides is 1. The predicted molar refractivity (Wildman–Crippen MR) is 53.1 cm³/mol. The molecule has 0 saturated carbocycles. The molecule has 4 heteroatoms. The van der Waals surface area contributed by atoms with E-state index in [1.54, 1.807) is 0 Å². The Bertz CT molecular complexity index is 320. The molecule has 0 aliphatic carbocycles. The third kappa shape index (κ3) is 1.79. The normalized spacial score (nSPS) is 16.1. The summed E-state index contributed by atoms with van der Waals surface area (Å²) in [5, 5.41) is 0. The van der Waals surface area contributed by atoms with E-state index >= 15 is 0 Å². The Labute approximate surface area is 82.3 Å². The number of primary amides is 1. The molecule has 1 aromatic rings. The van der Waals surface area contributed by atoms with Crippen molar-refractivity contribution in [2.45, 2.75) is 6.10 Å². The molecule has 4 nitrogen and oxygen atoms in total. The van der Waals surface area contributed by atoms with Crippen LogP contribution in [0, 0.1) is 0 Å². The number of para-hydroxylation sites is 1. The first-order valence-corrected chi connectivity index (χ1v) is 4.52. The molecule has 1 aromatic carbocycles. The standard InChI is InChI=1S/C10H12N2O2/c11-10(13)14-9-6-12(7-9)8-4-2-1-3-5-8/h1-5,9H,6-7H2,(H2,11,13). The summed E-state index contributed by atoms with van der Waals surface area (Å²) in [6, 6.07) is 10.00. The Morgan fingerprint density at radius 2 is 2.00 bits per heavy atom. The van der Waals surface area contributed by atoms with Gasteiger partial charge in [0, 0.05) is 5.69 Å². The van der Waals surface area contributed by atoms with E-state index in [-0.39, 0.29) is 6.10 Å². The first kappa shape index (κ1) is 8.87. The Hall–Kier alpha value is -1.71. The minimum absolute atomic E-state index is 0.0484. The van der Waals surface area contributed by atoms with Crippen molar-refractivity contribution in [3.05, 3.63) is 30.3 Å². The second-order valence-electron chi connectivity index (χ2n) is 3.30. The van der Waals surface area contributed by atoms with Crippen molar-refractivity contribution in [3.63, 3.8) is 0 Å². The van der Waals surface area contributed by atoms with Gasteiger partial charge in [0.15, 0.2) is 0 Å². The molecule has 1 saturated heterocycles. The predicted octanol–water partition coefficient (Wildman–Crippen LogP) is 0.971. The number of anilines is 1. The van der Waals surface area contributed by atoms with E-state index in [0.29, 0.717) is 0 Å². The summed E-state index contributed by atoms with van der Waals surface area (Å²) in [5.74, 6) is 0. The maximum absolute atomic E-state index is 10.4. The lowest BCUT2D eigenvalue weighted by Crippen LogP contribution is -2.53. The van der Waals surface area contributed by atoms with E-state index in [0.717, 1.165) is 18.8 Å². The molecule has 1 aliphatic heterocycles. The van der Waals surface area contributed by atoms with Gasteiger partial charge in [-0.15, -0.1) is 0 Å². The SMILES string of the molecule is NC(=O)OC1CN(c2ccccc2)C1. The van der Waals surface area contributed by atoms with Gasteiger partial charge in [0.1, 0.15) is 6.10 Å². The molecule has 0 spiro atoms.